The number of pyridine rings is 1. The molecule has 1 heterocycles. The molecule has 7 nitrogen and oxygen atoms in total. The molecular weight excluding hydrogens is 427 g/mol. The van der Waals surface area contributed by atoms with Crippen LogP contribution in [0.25, 0.3) is 0 Å². The van der Waals surface area contributed by atoms with Crippen LogP contribution in [0.3, 0.4) is 0 Å². The number of nitrogens with one attached hydrogen (secondary N) is 1. The number of urea groups is 1. The Labute approximate surface area is 183 Å². The summed E-state index contributed by atoms with van der Waals surface area (Å²) in [6, 6.07) is 5.95. The van der Waals surface area contributed by atoms with Crippen molar-refractivity contribution in [1.29, 1.82) is 0 Å². The molecule has 1 N–H and O–H groups in total. The Balaban J connectivity index is 1.68. The Bertz CT molecular complexity index is 958. The predicted octanol–water partition coefficient (Wildman–Crippen LogP) is 5.39. The fraction of sp³-hybridized carbons (Fsp3) is 0.409. The highest BCUT2D eigenvalue weighted by Gasteiger charge is 2.31. The lowest BCUT2D eigenvalue weighted by Gasteiger charge is -2.24. The first kappa shape index (κ1) is 23.5. The van der Waals surface area contributed by atoms with Crippen LogP contribution in [0.5, 0.6) is 11.6 Å². The Hall–Kier alpha value is -3.14. The Morgan fingerprint density at radius 1 is 1.12 bits per heavy atom. The van der Waals surface area contributed by atoms with Crippen LogP contribution in [-0.2, 0) is 15.8 Å². The molecule has 1 saturated carbocycles. The van der Waals surface area contributed by atoms with Crippen molar-refractivity contribution in [3.8, 4) is 11.6 Å². The number of rotatable bonds is 5. The topological polar surface area (TPSA) is 80.8 Å². The third-order valence-corrected chi connectivity index (χ3v) is 5.24. The molecule has 172 valence electrons. The Morgan fingerprint density at radius 3 is 2.41 bits per heavy atom. The minimum Gasteiger partial charge on any atom is -0.439 e. The van der Waals surface area contributed by atoms with Crippen molar-refractivity contribution in [2.45, 2.75) is 45.2 Å². The first-order chi connectivity index (χ1) is 15.2. The third-order valence-electron chi connectivity index (χ3n) is 5.24. The average molecular weight is 451 g/mol. The number of imide groups is 1. The number of amides is 3. The standard InChI is InChI=1S/C22H24F3N3O4/c1-14-12-17(28(31-2)21(30)27-20(29)15-6-4-3-5-7-15)9-10-18(14)32-19-11-8-16(13-26-19)22(23,24)25/h8-13,15H,3-7H2,1-2H3,(H,27,29,30). The normalized spacial score (nSPS) is 14.7. The first-order valence-electron chi connectivity index (χ1n) is 10.2. The van der Waals surface area contributed by atoms with Crippen LogP contribution in [-0.4, -0.2) is 24.0 Å². The van der Waals surface area contributed by atoms with E-state index in [1.165, 1.54) is 19.2 Å². The second-order valence-corrected chi connectivity index (χ2v) is 7.54. The predicted molar refractivity (Wildman–Crippen MR) is 110 cm³/mol. The van der Waals surface area contributed by atoms with E-state index in [1.807, 2.05) is 0 Å². The van der Waals surface area contributed by atoms with Gasteiger partial charge in [-0.05, 0) is 49.6 Å². The molecule has 1 aliphatic carbocycles. The third kappa shape index (κ3) is 5.76. The molecule has 0 spiro atoms. The lowest BCUT2D eigenvalue weighted by atomic mass is 9.89. The lowest BCUT2D eigenvalue weighted by Crippen LogP contribution is -2.45. The number of carbonyl (C=O) groups excluding carboxylic acids is 2. The molecule has 0 radical (unpaired) electrons. The number of ether oxygens (including phenoxy) is 1. The van der Waals surface area contributed by atoms with Crippen molar-refractivity contribution in [2.75, 3.05) is 12.2 Å². The number of nitrogens with zero attached hydrogens (tertiary/aromatic N) is 2. The van der Waals surface area contributed by atoms with Crippen molar-refractivity contribution >= 4 is 17.6 Å². The highest BCUT2D eigenvalue weighted by molar-refractivity contribution is 6.02. The molecule has 0 bridgehead atoms. The van der Waals surface area contributed by atoms with Gasteiger partial charge in [0.15, 0.2) is 0 Å². The van der Waals surface area contributed by atoms with E-state index in [0.29, 0.717) is 23.2 Å². The van der Waals surface area contributed by atoms with Gasteiger partial charge < -0.3 is 4.74 Å². The minimum atomic E-state index is -4.48. The van der Waals surface area contributed by atoms with E-state index >= 15 is 0 Å². The number of anilines is 1. The zero-order valence-corrected chi connectivity index (χ0v) is 17.7. The fourth-order valence-corrected chi connectivity index (χ4v) is 3.52. The summed E-state index contributed by atoms with van der Waals surface area (Å²) in [4.78, 5) is 33.8. The van der Waals surface area contributed by atoms with Crippen molar-refractivity contribution in [2.24, 2.45) is 5.92 Å². The van der Waals surface area contributed by atoms with E-state index in [9.17, 15) is 22.8 Å². The Morgan fingerprint density at radius 2 is 1.84 bits per heavy atom. The summed E-state index contributed by atoms with van der Waals surface area (Å²) < 4.78 is 43.5. The molecule has 0 atom stereocenters. The second-order valence-electron chi connectivity index (χ2n) is 7.54. The molecule has 1 aromatic heterocycles. The molecule has 0 aliphatic heterocycles. The molecule has 1 fully saturated rings. The van der Waals surface area contributed by atoms with Crippen LogP contribution in [0.1, 0.15) is 43.2 Å². The van der Waals surface area contributed by atoms with Gasteiger partial charge in [0.25, 0.3) is 0 Å². The number of benzene rings is 1. The van der Waals surface area contributed by atoms with Crippen LogP contribution in [0.4, 0.5) is 23.7 Å². The van der Waals surface area contributed by atoms with Gasteiger partial charge in [0, 0.05) is 18.2 Å². The SMILES string of the molecule is CON(C(=O)NC(=O)C1CCCCC1)c1ccc(Oc2ccc(C(F)(F)F)cn2)c(C)c1. The van der Waals surface area contributed by atoms with Crippen LogP contribution in [0.15, 0.2) is 36.5 Å². The first-order valence-corrected chi connectivity index (χ1v) is 10.2. The molecule has 0 unspecified atom stereocenters. The zero-order valence-electron chi connectivity index (χ0n) is 17.7. The summed E-state index contributed by atoms with van der Waals surface area (Å²) in [6.07, 6.45) is 0.760. The van der Waals surface area contributed by atoms with Crippen LogP contribution < -0.4 is 15.1 Å². The summed E-state index contributed by atoms with van der Waals surface area (Å²) in [7, 11) is 1.30. The highest BCUT2D eigenvalue weighted by atomic mass is 19.4. The number of halogens is 3. The van der Waals surface area contributed by atoms with Gasteiger partial charge >= 0.3 is 12.2 Å². The quantitative estimate of drug-likeness (QED) is 0.617. The van der Waals surface area contributed by atoms with Crippen molar-refractivity contribution in [3.05, 3.63) is 47.7 Å². The number of hydrogen-bond acceptors (Lipinski definition) is 5. The van der Waals surface area contributed by atoms with Crippen molar-refractivity contribution in [3.63, 3.8) is 0 Å². The van der Waals surface area contributed by atoms with Gasteiger partial charge in [0.1, 0.15) is 5.75 Å². The molecule has 0 saturated heterocycles. The molecule has 10 heteroatoms. The number of carbonyl (C=O) groups is 2. The molecular formula is C22H24F3N3O4. The van der Waals surface area contributed by atoms with Gasteiger partial charge in [-0.25, -0.2) is 9.78 Å². The number of aryl methyl sites for hydroxylation is 1. The number of alkyl halides is 3. The van der Waals surface area contributed by atoms with Gasteiger partial charge in [0.2, 0.25) is 11.8 Å². The van der Waals surface area contributed by atoms with Crippen molar-refractivity contribution in [1.82, 2.24) is 10.3 Å². The van der Waals surface area contributed by atoms with Crippen LogP contribution >= 0.6 is 0 Å². The molecule has 32 heavy (non-hydrogen) atoms. The van der Waals surface area contributed by atoms with Gasteiger partial charge in [-0.3, -0.25) is 14.9 Å². The number of aromatic nitrogens is 1. The summed E-state index contributed by atoms with van der Waals surface area (Å²) in [5.74, 6) is -0.161. The van der Waals surface area contributed by atoms with Crippen LogP contribution in [0.2, 0.25) is 0 Å². The monoisotopic (exact) mass is 451 g/mol. The van der Waals surface area contributed by atoms with E-state index in [4.69, 9.17) is 9.57 Å². The lowest BCUT2D eigenvalue weighted by molar-refractivity contribution is -0.137. The summed E-state index contributed by atoms with van der Waals surface area (Å²) in [6.45, 7) is 1.70. The molecule has 3 rings (SSSR count). The molecule has 2 aromatic rings. The second kappa shape index (κ2) is 9.99. The minimum absolute atomic E-state index is 0.00623. The smallest absolute Gasteiger partial charge is 0.417 e. The molecule has 3 amide bonds. The van der Waals surface area contributed by atoms with E-state index < -0.39 is 17.8 Å². The highest BCUT2D eigenvalue weighted by Crippen LogP contribution is 2.32. The van der Waals surface area contributed by atoms with Gasteiger partial charge in [0.05, 0.1) is 18.4 Å². The van der Waals surface area contributed by atoms with Crippen molar-refractivity contribution < 1.29 is 32.3 Å². The van der Waals surface area contributed by atoms with Crippen LogP contribution in [0, 0.1) is 12.8 Å². The van der Waals surface area contributed by atoms with E-state index in [1.54, 1.807) is 13.0 Å². The fourth-order valence-electron chi connectivity index (χ4n) is 3.52. The average Bonchev–Trinajstić information content (AvgIpc) is 2.76. The maximum atomic E-state index is 12.7. The van der Waals surface area contributed by atoms with E-state index in [0.717, 1.165) is 49.3 Å². The van der Waals surface area contributed by atoms with Gasteiger partial charge in [-0.15, -0.1) is 0 Å². The number of hydrogen-bond donors (Lipinski definition) is 1. The summed E-state index contributed by atoms with van der Waals surface area (Å²) in [5, 5.41) is 3.33. The zero-order chi connectivity index (χ0) is 23.3. The molecule has 1 aromatic carbocycles. The van der Waals surface area contributed by atoms with E-state index in [-0.39, 0.29) is 17.7 Å². The maximum absolute atomic E-state index is 12.7. The molecule has 1 aliphatic rings. The number of hydroxylamine groups is 1. The summed E-state index contributed by atoms with van der Waals surface area (Å²) >= 11 is 0. The Kier molecular flexibility index (Phi) is 7.34. The largest absolute Gasteiger partial charge is 0.439 e. The van der Waals surface area contributed by atoms with E-state index in [2.05, 4.69) is 10.3 Å². The van der Waals surface area contributed by atoms with Gasteiger partial charge in [-0.1, -0.05) is 19.3 Å². The maximum Gasteiger partial charge on any atom is 0.417 e. The summed E-state index contributed by atoms with van der Waals surface area (Å²) in [5.41, 5.74) is 0.0609. The van der Waals surface area contributed by atoms with Gasteiger partial charge in [-0.2, -0.15) is 18.2 Å².